The number of nitrogens with one attached hydrogen (secondary N) is 6. The number of carbonyl (C=O) groups excluding carboxylic acids is 6. The molecule has 18 heteroatoms. The zero-order valence-electron chi connectivity index (χ0n) is 86.9. The molecule has 0 aliphatic rings. The molecule has 6 rings (SSSR count). The van der Waals surface area contributed by atoms with Crippen molar-refractivity contribution in [1.29, 1.82) is 0 Å². The van der Waals surface area contributed by atoms with Crippen molar-refractivity contribution in [3.05, 3.63) is 173 Å². The molecule has 0 spiro atoms. The quantitative estimate of drug-likeness (QED) is 0.0154. The Bertz CT molecular complexity index is 4290. The van der Waals surface area contributed by atoms with Gasteiger partial charge in [0, 0.05) is 64.7 Å². The van der Waals surface area contributed by atoms with Crippen molar-refractivity contribution >= 4 is 35.4 Å². The molecule has 18 nitrogen and oxygen atoms in total. The second-order valence-electron chi connectivity index (χ2n) is 48.5. The number of hydrogen-bond acceptors (Lipinski definition) is 12. The highest BCUT2D eigenvalue weighted by Gasteiger charge is 2.34. The lowest BCUT2D eigenvalue weighted by molar-refractivity contribution is -0.128. The molecule has 0 aliphatic carbocycles. The molecule has 129 heavy (non-hydrogen) atoms. The molecule has 0 saturated heterocycles. The van der Waals surface area contributed by atoms with Crippen LogP contribution in [0, 0.1) is 0 Å². The zero-order valence-corrected chi connectivity index (χ0v) is 86.9. The standard InChI is InChI=1S/C40H64N2O4.C37H58N2O4.C34H52N2O4/c1-37(2,3)29-23-27(24-30(35(29)45)38(4,5)6)17-19-33(43)41-21-15-13-14-16-22-42-34(44)20-18-28-25-31(39(7,8)9)36(46)32(26-28)40(10,11)12;1-34(2,3)26-20-24(21-27(32(26)42)35(4,5)6)14-16-30(40)38-18-13-19-39-31(41)17-15-25-22-28(36(7,8)9)33(43)29(23-25)37(10,11)12;1-31(2,3)23-17-21(18-24(29(23)39)32(4,5)6)13-15-27(37)35-36-28(38)16-14-22-19-25(33(7,8)9)30(40)26(20-22)34(10,11)12/h23-26,45-46H,13-22H2,1-12H3,(H,41,43)(H,42,44);20-23,42-43H,13-19H2,1-12H3,(H,38,40)(H,39,41);17-20,39-40H,13-16H2,1-12H3,(H,35,37)(H,36,38). The van der Waals surface area contributed by atoms with E-state index in [-0.39, 0.29) is 113 Å². The molecule has 0 aromatic heterocycles. The first-order chi connectivity index (χ1) is 58.5. The van der Waals surface area contributed by atoms with E-state index >= 15 is 0 Å². The van der Waals surface area contributed by atoms with E-state index < -0.39 is 0 Å². The molecule has 0 heterocycles. The number of aryl methyl sites for hydroxylation is 6. The van der Waals surface area contributed by atoms with Gasteiger partial charge in [-0.1, -0.05) is 335 Å². The minimum atomic E-state index is -0.272. The summed E-state index contributed by atoms with van der Waals surface area (Å²) in [5.41, 5.74) is 19.5. The Kier molecular flexibility index (Phi) is 39.1. The van der Waals surface area contributed by atoms with Crippen molar-refractivity contribution in [2.24, 2.45) is 0 Å². The molecule has 0 unspecified atom stereocenters. The number of hydrogen-bond donors (Lipinski definition) is 12. The van der Waals surface area contributed by atoms with Crippen LogP contribution in [0.2, 0.25) is 0 Å². The maximum atomic E-state index is 12.6. The highest BCUT2D eigenvalue weighted by atomic mass is 16.3. The van der Waals surface area contributed by atoms with E-state index in [0.717, 1.165) is 126 Å². The molecule has 6 aromatic carbocycles. The highest BCUT2D eigenvalue weighted by molar-refractivity contribution is 5.82. The van der Waals surface area contributed by atoms with E-state index in [1.165, 1.54) is 0 Å². The Balaban J connectivity index is 0.000000406. The molecule has 0 bridgehead atoms. The number of carbonyl (C=O) groups is 6. The Labute approximate surface area is 779 Å². The molecule has 6 amide bonds. The van der Waals surface area contributed by atoms with Crippen LogP contribution in [0.1, 0.15) is 420 Å². The Morgan fingerprint density at radius 1 is 0.186 bits per heavy atom. The molecule has 12 N–H and O–H groups in total. The Morgan fingerprint density at radius 3 is 0.426 bits per heavy atom. The fraction of sp³-hybridized carbons (Fsp3) is 0.622. The van der Waals surface area contributed by atoms with Crippen LogP contribution >= 0.6 is 0 Å². The lowest BCUT2D eigenvalue weighted by Crippen LogP contribution is -2.41. The maximum absolute atomic E-state index is 12.6. The van der Waals surface area contributed by atoms with Gasteiger partial charge in [-0.2, -0.15) is 0 Å². The van der Waals surface area contributed by atoms with Gasteiger partial charge in [0.1, 0.15) is 34.5 Å². The minimum Gasteiger partial charge on any atom is -0.507 e. The molecule has 0 saturated carbocycles. The zero-order chi connectivity index (χ0) is 98.9. The summed E-state index contributed by atoms with van der Waals surface area (Å²) in [6.45, 7) is 77.3. The van der Waals surface area contributed by atoms with Gasteiger partial charge in [0.25, 0.3) is 0 Å². The number of unbranched alkanes of at least 4 members (excludes halogenated alkanes) is 3. The molecule has 720 valence electrons. The van der Waals surface area contributed by atoms with E-state index in [4.69, 9.17) is 0 Å². The third kappa shape index (κ3) is 35.9. The number of phenolic OH excluding ortho intramolecular Hbond substituents is 6. The Morgan fingerprint density at radius 2 is 0.302 bits per heavy atom. The van der Waals surface area contributed by atoms with Gasteiger partial charge in [0.05, 0.1) is 0 Å². The predicted molar refractivity (Wildman–Crippen MR) is 534 cm³/mol. The van der Waals surface area contributed by atoms with Gasteiger partial charge in [-0.25, -0.2) is 0 Å². The predicted octanol–water partition coefficient (Wildman–Crippen LogP) is 23.1. The molecule has 0 radical (unpaired) electrons. The molecule has 0 aliphatic heterocycles. The largest absolute Gasteiger partial charge is 0.507 e. The normalized spacial score (nSPS) is 12.7. The monoisotopic (exact) mass is 1780 g/mol. The third-order valence-corrected chi connectivity index (χ3v) is 23.6. The van der Waals surface area contributed by atoms with Gasteiger partial charge in [0.15, 0.2) is 0 Å². The van der Waals surface area contributed by atoms with Crippen molar-refractivity contribution in [2.75, 3.05) is 26.2 Å². The van der Waals surface area contributed by atoms with E-state index in [1.54, 1.807) is 0 Å². The lowest BCUT2D eigenvalue weighted by atomic mass is 9.78. The first-order valence-electron chi connectivity index (χ1n) is 47.4. The fourth-order valence-electron chi connectivity index (χ4n) is 15.7. The summed E-state index contributed by atoms with van der Waals surface area (Å²) in [5, 5.41) is 77.6. The summed E-state index contributed by atoms with van der Waals surface area (Å²) in [5.74, 6) is 1.58. The van der Waals surface area contributed by atoms with Crippen molar-refractivity contribution < 1.29 is 59.4 Å². The summed E-state index contributed by atoms with van der Waals surface area (Å²) in [7, 11) is 0. The SMILES string of the molecule is CC(C)(C)c1cc(CCC(=O)NCCCCCCNC(=O)CCc2cc(C(C)(C)C)c(O)c(C(C)(C)C)c2)cc(C(C)(C)C)c1O.CC(C)(C)c1cc(CCC(=O)NCCCNC(=O)CCc2cc(C(C)(C)C)c(O)c(C(C)(C)C)c2)cc(C(C)(C)C)c1O.CC(C)(C)c1cc(CCC(=O)NNC(=O)CCc2cc(C(C)(C)C)c(O)c(C(C)(C)C)c2)cc(C(C)(C)C)c1O. The average Bonchev–Trinajstić information content (AvgIpc) is 0.812. The van der Waals surface area contributed by atoms with Gasteiger partial charge in [-0.15, -0.1) is 0 Å². The first kappa shape index (κ1) is 112. The maximum Gasteiger partial charge on any atom is 0.238 e. The van der Waals surface area contributed by atoms with Gasteiger partial charge in [-0.3, -0.25) is 39.6 Å². The van der Waals surface area contributed by atoms with Crippen LogP contribution in [-0.2, 0) is 132 Å². The van der Waals surface area contributed by atoms with E-state index in [1.807, 2.05) is 48.5 Å². The number of amides is 6. The molecule has 6 aromatic rings. The fourth-order valence-corrected chi connectivity index (χ4v) is 15.7. The number of hydrazine groups is 1. The molecular formula is C111H174N6O12. The van der Waals surface area contributed by atoms with Crippen LogP contribution in [-0.4, -0.2) is 92.3 Å². The number of benzene rings is 6. The van der Waals surface area contributed by atoms with E-state index in [0.29, 0.717) is 131 Å². The smallest absolute Gasteiger partial charge is 0.238 e. The van der Waals surface area contributed by atoms with Crippen LogP contribution in [0.25, 0.3) is 0 Å². The second kappa shape index (κ2) is 44.9. The minimum absolute atomic E-state index is 0.0225. The van der Waals surface area contributed by atoms with Crippen LogP contribution in [0.15, 0.2) is 72.8 Å². The van der Waals surface area contributed by atoms with E-state index in [9.17, 15) is 59.4 Å². The number of aromatic hydroxyl groups is 6. The summed E-state index contributed by atoms with van der Waals surface area (Å²) in [4.78, 5) is 75.4. The molecule has 0 fully saturated rings. The highest BCUT2D eigenvalue weighted by Crippen LogP contribution is 2.47. The van der Waals surface area contributed by atoms with Gasteiger partial charge in [0.2, 0.25) is 35.4 Å². The average molecular weight is 1780 g/mol. The summed E-state index contributed by atoms with van der Waals surface area (Å²) >= 11 is 0. The van der Waals surface area contributed by atoms with Crippen molar-refractivity contribution in [2.45, 2.75) is 423 Å². The van der Waals surface area contributed by atoms with Crippen LogP contribution in [0.4, 0.5) is 0 Å². The molecular weight excluding hydrogens is 1610 g/mol. The summed E-state index contributed by atoms with van der Waals surface area (Å²) in [6.07, 6.45) is 9.91. The molecule has 0 atom stereocenters. The van der Waals surface area contributed by atoms with Crippen molar-refractivity contribution in [1.82, 2.24) is 32.1 Å². The van der Waals surface area contributed by atoms with Gasteiger partial charge < -0.3 is 51.9 Å². The number of rotatable bonds is 29. The van der Waals surface area contributed by atoms with Crippen LogP contribution < -0.4 is 32.1 Å². The van der Waals surface area contributed by atoms with E-state index in [2.05, 4.69) is 306 Å². The summed E-state index contributed by atoms with van der Waals surface area (Å²) in [6, 6.07) is 24.2. The summed E-state index contributed by atoms with van der Waals surface area (Å²) < 4.78 is 0. The Hall–Kier alpha value is -9.06. The van der Waals surface area contributed by atoms with Crippen LogP contribution in [0.5, 0.6) is 34.5 Å². The van der Waals surface area contributed by atoms with Gasteiger partial charge in [-0.05, 0) is 223 Å². The second-order valence-corrected chi connectivity index (χ2v) is 48.5. The number of phenols is 6. The first-order valence-corrected chi connectivity index (χ1v) is 47.4. The lowest BCUT2D eigenvalue weighted by Gasteiger charge is -2.28. The van der Waals surface area contributed by atoms with Gasteiger partial charge >= 0.3 is 0 Å². The van der Waals surface area contributed by atoms with Crippen LogP contribution in [0.3, 0.4) is 0 Å². The van der Waals surface area contributed by atoms with Crippen molar-refractivity contribution in [3.8, 4) is 34.5 Å². The van der Waals surface area contributed by atoms with Crippen molar-refractivity contribution in [3.63, 3.8) is 0 Å². The third-order valence-electron chi connectivity index (χ3n) is 23.6. The topological polar surface area (TPSA) is 296 Å².